The van der Waals surface area contributed by atoms with Crippen LogP contribution < -0.4 is 4.74 Å². The number of piperidine rings is 1. The van der Waals surface area contributed by atoms with E-state index in [0.29, 0.717) is 17.7 Å². The average Bonchev–Trinajstić information content (AvgIpc) is 3.16. The predicted octanol–water partition coefficient (Wildman–Crippen LogP) is 3.95. The third-order valence-corrected chi connectivity index (χ3v) is 6.53. The molecule has 5 nitrogen and oxygen atoms in total. The van der Waals surface area contributed by atoms with Crippen LogP contribution in [0.1, 0.15) is 44.1 Å². The first-order valence-electron chi connectivity index (χ1n) is 10.2. The second-order valence-electron chi connectivity index (χ2n) is 7.99. The van der Waals surface area contributed by atoms with Crippen molar-refractivity contribution in [3.05, 3.63) is 30.0 Å². The second kappa shape index (κ2) is 7.93. The number of likely N-dealkylation sites (tertiary alicyclic amines) is 1. The molecule has 1 aromatic heterocycles. The predicted molar refractivity (Wildman–Crippen MR) is 106 cm³/mol. The number of nitrogens with one attached hydrogen (secondary N) is 1. The molecule has 0 bridgehead atoms. The summed E-state index contributed by atoms with van der Waals surface area (Å²) in [5.74, 6) is 2.31. The highest BCUT2D eigenvalue weighted by atomic mass is 16.5. The number of benzene rings is 1. The number of nitrogens with zero attached hydrogens (tertiary/aromatic N) is 1. The standard InChI is InChI=1S/C22H30N2O3/c1-15(16-7-11-27-12-8-16)22(25)24-9-5-17(6-10-24)20-14-23-21-4-3-18(26-2)13-19(20)21/h3-4,13-17,23H,5-12H2,1-2H3/t15-/m1/s1. The maximum atomic E-state index is 12.9. The number of aromatic amines is 1. The number of carbonyl (C=O) groups is 1. The minimum Gasteiger partial charge on any atom is -0.497 e. The zero-order valence-electron chi connectivity index (χ0n) is 16.4. The van der Waals surface area contributed by atoms with Crippen molar-refractivity contribution < 1.29 is 14.3 Å². The van der Waals surface area contributed by atoms with E-state index in [2.05, 4.69) is 35.1 Å². The van der Waals surface area contributed by atoms with Crippen LogP contribution in [0.4, 0.5) is 0 Å². The summed E-state index contributed by atoms with van der Waals surface area (Å²) < 4.78 is 10.8. The summed E-state index contributed by atoms with van der Waals surface area (Å²) in [4.78, 5) is 18.4. The van der Waals surface area contributed by atoms with Gasteiger partial charge in [-0.1, -0.05) is 6.92 Å². The van der Waals surface area contributed by atoms with E-state index in [4.69, 9.17) is 9.47 Å². The molecule has 27 heavy (non-hydrogen) atoms. The molecule has 0 unspecified atom stereocenters. The molecule has 0 spiro atoms. The van der Waals surface area contributed by atoms with Crippen molar-refractivity contribution in [3.63, 3.8) is 0 Å². The Kier molecular flexibility index (Phi) is 5.39. The molecule has 3 heterocycles. The lowest BCUT2D eigenvalue weighted by Crippen LogP contribution is -2.43. The Hall–Kier alpha value is -2.01. The van der Waals surface area contributed by atoms with Gasteiger partial charge >= 0.3 is 0 Å². The minimum absolute atomic E-state index is 0.114. The summed E-state index contributed by atoms with van der Waals surface area (Å²) in [6.07, 6.45) is 6.21. The zero-order valence-corrected chi connectivity index (χ0v) is 16.4. The maximum Gasteiger partial charge on any atom is 0.225 e. The summed E-state index contributed by atoms with van der Waals surface area (Å²) in [7, 11) is 1.71. The SMILES string of the molecule is COc1ccc2[nH]cc(C3CCN(C(=O)[C@H](C)C4CCOCC4)CC3)c2c1. The summed E-state index contributed by atoms with van der Waals surface area (Å²) in [5.41, 5.74) is 2.51. The van der Waals surface area contributed by atoms with Crippen molar-refractivity contribution in [3.8, 4) is 5.75 Å². The van der Waals surface area contributed by atoms with Crippen molar-refractivity contribution in [2.75, 3.05) is 33.4 Å². The average molecular weight is 370 g/mol. The quantitative estimate of drug-likeness (QED) is 0.887. The Balaban J connectivity index is 1.41. The number of H-pyrrole nitrogens is 1. The molecule has 2 aliphatic rings. The van der Waals surface area contributed by atoms with Crippen LogP contribution >= 0.6 is 0 Å². The van der Waals surface area contributed by atoms with Crippen molar-refractivity contribution in [1.82, 2.24) is 9.88 Å². The van der Waals surface area contributed by atoms with E-state index in [1.54, 1.807) is 7.11 Å². The molecule has 1 atom stereocenters. The van der Waals surface area contributed by atoms with Crippen LogP contribution in [0.3, 0.4) is 0 Å². The number of amides is 1. The van der Waals surface area contributed by atoms with Crippen molar-refractivity contribution in [2.45, 2.75) is 38.5 Å². The van der Waals surface area contributed by atoms with E-state index in [1.165, 1.54) is 10.9 Å². The second-order valence-corrected chi connectivity index (χ2v) is 7.99. The first-order chi connectivity index (χ1) is 13.2. The lowest BCUT2D eigenvalue weighted by molar-refractivity contribution is -0.139. The van der Waals surface area contributed by atoms with Crippen LogP contribution in [-0.4, -0.2) is 49.2 Å². The van der Waals surface area contributed by atoms with Crippen LogP contribution in [0.15, 0.2) is 24.4 Å². The number of fused-ring (bicyclic) bond motifs is 1. The van der Waals surface area contributed by atoms with Gasteiger partial charge in [-0.3, -0.25) is 4.79 Å². The molecule has 2 fully saturated rings. The van der Waals surface area contributed by atoms with Gasteiger partial charge in [0.05, 0.1) is 7.11 Å². The van der Waals surface area contributed by atoms with E-state index in [1.807, 2.05) is 6.07 Å². The molecule has 1 N–H and O–H groups in total. The van der Waals surface area contributed by atoms with Crippen molar-refractivity contribution >= 4 is 16.8 Å². The van der Waals surface area contributed by atoms with Crippen LogP contribution in [0.25, 0.3) is 10.9 Å². The molecular weight excluding hydrogens is 340 g/mol. The summed E-state index contributed by atoms with van der Waals surface area (Å²) >= 11 is 0. The van der Waals surface area contributed by atoms with Gasteiger partial charge in [0.15, 0.2) is 0 Å². The molecule has 2 aliphatic heterocycles. The van der Waals surface area contributed by atoms with Gasteiger partial charge in [-0.05, 0) is 61.3 Å². The molecule has 1 aromatic carbocycles. The fourth-order valence-electron chi connectivity index (χ4n) is 4.70. The molecule has 5 heteroatoms. The molecule has 4 rings (SSSR count). The Morgan fingerprint density at radius 2 is 1.96 bits per heavy atom. The molecule has 0 radical (unpaired) electrons. The maximum absolute atomic E-state index is 12.9. The zero-order chi connectivity index (χ0) is 18.8. The van der Waals surface area contributed by atoms with Crippen molar-refractivity contribution in [2.24, 2.45) is 11.8 Å². The van der Waals surface area contributed by atoms with E-state index >= 15 is 0 Å². The highest BCUT2D eigenvalue weighted by molar-refractivity contribution is 5.85. The normalized spacial score (nSPS) is 20.7. The third-order valence-electron chi connectivity index (χ3n) is 6.53. The first kappa shape index (κ1) is 18.4. The third kappa shape index (κ3) is 3.70. The number of hydrogen-bond acceptors (Lipinski definition) is 3. The van der Waals surface area contributed by atoms with E-state index in [-0.39, 0.29) is 5.92 Å². The van der Waals surface area contributed by atoms with Crippen LogP contribution in [0.2, 0.25) is 0 Å². The highest BCUT2D eigenvalue weighted by Crippen LogP contribution is 2.35. The Morgan fingerprint density at radius 1 is 1.22 bits per heavy atom. The summed E-state index contributed by atoms with van der Waals surface area (Å²) in [6.45, 7) is 5.42. The highest BCUT2D eigenvalue weighted by Gasteiger charge is 2.32. The smallest absolute Gasteiger partial charge is 0.225 e. The van der Waals surface area contributed by atoms with Gasteiger partial charge in [-0.25, -0.2) is 0 Å². The van der Waals surface area contributed by atoms with Gasteiger partial charge in [0, 0.05) is 49.3 Å². The molecule has 2 aromatic rings. The number of methoxy groups -OCH3 is 1. The summed E-state index contributed by atoms with van der Waals surface area (Å²) in [6, 6.07) is 6.18. The van der Waals surface area contributed by atoms with Crippen molar-refractivity contribution in [1.29, 1.82) is 0 Å². The first-order valence-corrected chi connectivity index (χ1v) is 10.2. The largest absolute Gasteiger partial charge is 0.497 e. The van der Waals surface area contributed by atoms with E-state index < -0.39 is 0 Å². The molecule has 146 valence electrons. The van der Waals surface area contributed by atoms with E-state index in [9.17, 15) is 4.79 Å². The van der Waals surface area contributed by atoms with Crippen LogP contribution in [-0.2, 0) is 9.53 Å². The number of carbonyl (C=O) groups excluding carboxylic acids is 1. The number of hydrogen-bond donors (Lipinski definition) is 1. The van der Waals surface area contributed by atoms with Gasteiger partial charge in [0.2, 0.25) is 5.91 Å². The fourth-order valence-corrected chi connectivity index (χ4v) is 4.70. The fraction of sp³-hybridized carbons (Fsp3) is 0.591. The van der Waals surface area contributed by atoms with Gasteiger partial charge in [-0.15, -0.1) is 0 Å². The number of ether oxygens (including phenoxy) is 2. The molecule has 2 saturated heterocycles. The Bertz CT molecular complexity index is 786. The minimum atomic E-state index is 0.114. The van der Waals surface area contributed by atoms with Crippen LogP contribution in [0, 0.1) is 11.8 Å². The Morgan fingerprint density at radius 3 is 2.67 bits per heavy atom. The van der Waals surface area contributed by atoms with Crippen LogP contribution in [0.5, 0.6) is 5.75 Å². The van der Waals surface area contributed by atoms with E-state index in [0.717, 1.165) is 63.3 Å². The molecule has 0 saturated carbocycles. The van der Waals surface area contributed by atoms with Gasteiger partial charge in [-0.2, -0.15) is 0 Å². The van der Waals surface area contributed by atoms with Gasteiger partial charge in [0.1, 0.15) is 5.75 Å². The number of aromatic nitrogens is 1. The lowest BCUT2D eigenvalue weighted by Gasteiger charge is -2.36. The monoisotopic (exact) mass is 370 g/mol. The molecule has 1 amide bonds. The summed E-state index contributed by atoms with van der Waals surface area (Å²) in [5, 5.41) is 1.25. The topological polar surface area (TPSA) is 54.6 Å². The van der Waals surface area contributed by atoms with Gasteiger partial charge < -0.3 is 19.4 Å². The van der Waals surface area contributed by atoms with Gasteiger partial charge in [0.25, 0.3) is 0 Å². The lowest BCUT2D eigenvalue weighted by atomic mass is 9.84. The Labute approximate surface area is 161 Å². The number of rotatable bonds is 4. The molecule has 0 aliphatic carbocycles. The molecular formula is C22H30N2O3.